The molecule has 216 valence electrons. The Kier molecular flexibility index (Phi) is 10.8. The highest BCUT2D eigenvalue weighted by Crippen LogP contribution is 2.32. The number of carbonyl (C=O) groups excluding carboxylic acids is 1. The molecule has 0 radical (unpaired) electrons. The van der Waals surface area contributed by atoms with Crippen LogP contribution in [0.25, 0.3) is 0 Å². The van der Waals surface area contributed by atoms with E-state index in [9.17, 15) is 18.0 Å². The number of halogens is 3. The molecule has 1 N–H and O–H groups in total. The molecule has 0 spiro atoms. The molecule has 9 heteroatoms. The van der Waals surface area contributed by atoms with Crippen LogP contribution >= 0.6 is 0 Å². The molecule has 1 amide bonds. The van der Waals surface area contributed by atoms with Gasteiger partial charge in [-0.25, -0.2) is 0 Å². The molecule has 39 heavy (non-hydrogen) atoms. The van der Waals surface area contributed by atoms with E-state index < -0.39 is 11.7 Å². The summed E-state index contributed by atoms with van der Waals surface area (Å²) in [6, 6.07) is 9.26. The van der Waals surface area contributed by atoms with Crippen LogP contribution in [-0.4, -0.2) is 86.6 Å². The van der Waals surface area contributed by atoms with E-state index in [4.69, 9.17) is 4.74 Å². The first-order valence-electron chi connectivity index (χ1n) is 13.7. The summed E-state index contributed by atoms with van der Waals surface area (Å²) in [5.74, 6) is 0.684. The average Bonchev–Trinajstić information content (AvgIpc) is 2.89. The fourth-order valence-electron chi connectivity index (χ4n) is 5.13. The highest BCUT2D eigenvalue weighted by Gasteiger charge is 2.31. The Balaban J connectivity index is 1.51. The van der Waals surface area contributed by atoms with E-state index in [2.05, 4.69) is 69.0 Å². The summed E-state index contributed by atoms with van der Waals surface area (Å²) < 4.78 is 44.6. The van der Waals surface area contributed by atoms with Gasteiger partial charge in [0.25, 0.3) is 5.91 Å². The molecule has 0 saturated carbocycles. The van der Waals surface area contributed by atoms with E-state index >= 15 is 0 Å². The Morgan fingerprint density at radius 2 is 1.64 bits per heavy atom. The molecular formula is C30H43F3N4O2. The number of hydrogen-bond acceptors (Lipinski definition) is 5. The number of hydrogen-bond donors (Lipinski definition) is 1. The SMILES string of the molecule is Cc1c(OCCCNC(C)CN(C)C)ccc(C(C)N2CCN(C(=O)c3ccc(C(F)(F)F)cc3)CC2)c1C. The van der Waals surface area contributed by atoms with E-state index in [1.165, 1.54) is 23.3 Å². The van der Waals surface area contributed by atoms with Crippen molar-refractivity contribution in [1.29, 1.82) is 0 Å². The molecule has 2 aromatic rings. The molecule has 3 rings (SSSR count). The maximum Gasteiger partial charge on any atom is 0.416 e. The summed E-state index contributed by atoms with van der Waals surface area (Å²) in [6.45, 7) is 13.6. The van der Waals surface area contributed by atoms with Gasteiger partial charge >= 0.3 is 6.18 Å². The van der Waals surface area contributed by atoms with E-state index in [1.807, 2.05) is 0 Å². The maximum atomic E-state index is 12.9. The first-order valence-corrected chi connectivity index (χ1v) is 13.7. The van der Waals surface area contributed by atoms with Crippen LogP contribution in [-0.2, 0) is 6.18 Å². The van der Waals surface area contributed by atoms with Crippen molar-refractivity contribution in [3.63, 3.8) is 0 Å². The van der Waals surface area contributed by atoms with Crippen molar-refractivity contribution < 1.29 is 22.7 Å². The smallest absolute Gasteiger partial charge is 0.416 e. The summed E-state index contributed by atoms with van der Waals surface area (Å²) >= 11 is 0. The summed E-state index contributed by atoms with van der Waals surface area (Å²) in [5, 5.41) is 3.52. The zero-order valence-corrected chi connectivity index (χ0v) is 24.1. The van der Waals surface area contributed by atoms with Crippen molar-refractivity contribution in [3.8, 4) is 5.75 Å². The van der Waals surface area contributed by atoms with Gasteiger partial charge in [0, 0.05) is 50.4 Å². The largest absolute Gasteiger partial charge is 0.493 e. The number of alkyl halides is 3. The van der Waals surface area contributed by atoms with Crippen molar-refractivity contribution in [1.82, 2.24) is 20.0 Å². The van der Waals surface area contributed by atoms with Gasteiger partial charge in [-0.1, -0.05) is 6.07 Å². The fraction of sp³-hybridized carbons (Fsp3) is 0.567. The molecule has 0 aliphatic carbocycles. The summed E-state index contributed by atoms with van der Waals surface area (Å²) in [4.78, 5) is 19.1. The third kappa shape index (κ3) is 8.43. The second kappa shape index (κ2) is 13.6. The van der Waals surface area contributed by atoms with Crippen molar-refractivity contribution in [2.45, 2.75) is 52.4 Å². The number of nitrogens with one attached hydrogen (secondary N) is 1. The minimum atomic E-state index is -4.41. The number of amides is 1. The number of rotatable bonds is 11. The van der Waals surface area contributed by atoms with Crippen molar-refractivity contribution in [2.24, 2.45) is 0 Å². The number of nitrogens with zero attached hydrogens (tertiary/aromatic N) is 3. The van der Waals surface area contributed by atoms with Crippen molar-refractivity contribution in [2.75, 3.05) is 60.0 Å². The Morgan fingerprint density at radius 3 is 2.23 bits per heavy atom. The van der Waals surface area contributed by atoms with Gasteiger partial charge in [-0.05, 0) is 102 Å². The van der Waals surface area contributed by atoms with E-state index in [0.29, 0.717) is 38.8 Å². The van der Waals surface area contributed by atoms with Gasteiger partial charge in [-0.15, -0.1) is 0 Å². The summed E-state index contributed by atoms with van der Waals surface area (Å²) in [6.07, 6.45) is -3.48. The highest BCUT2D eigenvalue weighted by atomic mass is 19.4. The van der Waals surface area contributed by atoms with E-state index in [-0.39, 0.29) is 17.5 Å². The van der Waals surface area contributed by atoms with Crippen molar-refractivity contribution >= 4 is 5.91 Å². The molecule has 0 aromatic heterocycles. The number of likely N-dealkylation sites (N-methyl/N-ethyl adjacent to an activating group) is 1. The zero-order valence-electron chi connectivity index (χ0n) is 24.1. The number of ether oxygens (including phenoxy) is 1. The molecular weight excluding hydrogens is 505 g/mol. The molecule has 2 atom stereocenters. The highest BCUT2D eigenvalue weighted by molar-refractivity contribution is 5.94. The number of benzene rings is 2. The topological polar surface area (TPSA) is 48.1 Å². The summed E-state index contributed by atoms with van der Waals surface area (Å²) in [5.41, 5.74) is 3.12. The van der Waals surface area contributed by atoms with Crippen LogP contribution < -0.4 is 10.1 Å². The molecule has 1 aliphatic rings. The molecule has 1 aliphatic heterocycles. The predicted octanol–water partition coefficient (Wildman–Crippen LogP) is 5.15. The third-order valence-corrected chi connectivity index (χ3v) is 7.55. The van der Waals surface area contributed by atoms with E-state index in [0.717, 1.165) is 43.0 Å². The predicted molar refractivity (Wildman–Crippen MR) is 149 cm³/mol. The molecule has 1 saturated heterocycles. The molecule has 6 nitrogen and oxygen atoms in total. The Bertz CT molecular complexity index is 1080. The summed E-state index contributed by atoms with van der Waals surface area (Å²) in [7, 11) is 4.15. The van der Waals surface area contributed by atoms with Gasteiger partial charge in [-0.2, -0.15) is 13.2 Å². The first-order chi connectivity index (χ1) is 18.4. The lowest BCUT2D eigenvalue weighted by Gasteiger charge is -2.39. The third-order valence-electron chi connectivity index (χ3n) is 7.55. The van der Waals surface area contributed by atoms with Crippen molar-refractivity contribution in [3.05, 3.63) is 64.2 Å². The lowest BCUT2D eigenvalue weighted by atomic mass is 9.96. The number of carbonyl (C=O) groups is 1. The lowest BCUT2D eigenvalue weighted by Crippen LogP contribution is -2.49. The minimum Gasteiger partial charge on any atom is -0.493 e. The zero-order chi connectivity index (χ0) is 28.7. The molecule has 0 bridgehead atoms. The van der Waals surface area contributed by atoms with Crippen LogP contribution in [0.5, 0.6) is 5.75 Å². The molecule has 1 heterocycles. The van der Waals surface area contributed by atoms with Crippen LogP contribution in [0.15, 0.2) is 36.4 Å². The maximum absolute atomic E-state index is 12.9. The molecule has 2 unspecified atom stereocenters. The fourth-order valence-corrected chi connectivity index (χ4v) is 5.13. The van der Waals surface area contributed by atoms with Gasteiger partial charge in [0.15, 0.2) is 0 Å². The van der Waals surface area contributed by atoms with Crippen LogP contribution in [0.2, 0.25) is 0 Å². The average molecular weight is 549 g/mol. The standard InChI is InChI=1S/C30H43F3N4O2/c1-21(20-35(5)6)34-14-7-19-39-28-13-12-27(22(2)23(28)3)24(4)36-15-17-37(18-16-36)29(38)25-8-10-26(11-9-25)30(31,32)33/h8-13,21,24,34H,7,14-20H2,1-6H3. The van der Waals surface area contributed by atoms with Crippen LogP contribution in [0.4, 0.5) is 13.2 Å². The van der Waals surface area contributed by atoms with Crippen LogP contribution in [0, 0.1) is 13.8 Å². The lowest BCUT2D eigenvalue weighted by molar-refractivity contribution is -0.137. The normalized spacial score (nSPS) is 16.4. The van der Waals surface area contributed by atoms with Gasteiger partial charge < -0.3 is 19.9 Å². The minimum absolute atomic E-state index is 0.170. The first kappa shape index (κ1) is 30.9. The quantitative estimate of drug-likeness (QED) is 0.394. The van der Waals surface area contributed by atoms with Gasteiger partial charge in [0.1, 0.15) is 5.75 Å². The second-order valence-electron chi connectivity index (χ2n) is 10.8. The van der Waals surface area contributed by atoms with Gasteiger partial charge in [0.2, 0.25) is 0 Å². The Labute approximate surface area is 231 Å². The molecule has 1 fully saturated rings. The monoisotopic (exact) mass is 548 g/mol. The molecule has 2 aromatic carbocycles. The second-order valence-corrected chi connectivity index (χ2v) is 10.8. The van der Waals surface area contributed by atoms with Crippen LogP contribution in [0.3, 0.4) is 0 Å². The van der Waals surface area contributed by atoms with Gasteiger partial charge in [-0.3, -0.25) is 9.69 Å². The Hall–Kier alpha value is -2.62. The van der Waals surface area contributed by atoms with E-state index in [1.54, 1.807) is 4.90 Å². The Morgan fingerprint density at radius 1 is 1.00 bits per heavy atom. The van der Waals surface area contributed by atoms with Gasteiger partial charge in [0.05, 0.1) is 12.2 Å². The number of piperazine rings is 1. The van der Waals surface area contributed by atoms with Crippen LogP contribution in [0.1, 0.15) is 58.9 Å².